The molecule has 0 saturated heterocycles. The summed E-state index contributed by atoms with van der Waals surface area (Å²) in [6, 6.07) is 14.3. The van der Waals surface area contributed by atoms with Crippen LogP contribution in [0.1, 0.15) is 47.9 Å². The molecule has 5 heteroatoms. The summed E-state index contributed by atoms with van der Waals surface area (Å²) in [6.45, 7) is 3.78. The van der Waals surface area contributed by atoms with E-state index in [0.29, 0.717) is 0 Å². The van der Waals surface area contributed by atoms with Gasteiger partial charge in [-0.1, -0.05) is 49.7 Å². The van der Waals surface area contributed by atoms with Crippen molar-refractivity contribution >= 4 is 17.7 Å². The number of carbonyl (C=O) groups is 2. The second kappa shape index (κ2) is 8.15. The quantitative estimate of drug-likeness (QED) is 0.810. The molecule has 24 heavy (non-hydrogen) atoms. The molecular formula is C19H21NO4. The fraction of sp³-hybridized carbons (Fsp3) is 0.263. The van der Waals surface area contributed by atoms with Crippen LogP contribution in [0, 0.1) is 0 Å². The van der Waals surface area contributed by atoms with E-state index in [1.807, 2.05) is 43.3 Å². The van der Waals surface area contributed by atoms with E-state index >= 15 is 0 Å². The van der Waals surface area contributed by atoms with Gasteiger partial charge in [-0.2, -0.15) is 0 Å². The van der Waals surface area contributed by atoms with Crippen LogP contribution < -0.4 is 5.32 Å². The number of ether oxygens (including phenoxy) is 1. The largest absolute Gasteiger partial charge is 0.478 e. The first-order chi connectivity index (χ1) is 11.5. The molecule has 0 bridgehead atoms. The molecular weight excluding hydrogens is 306 g/mol. The summed E-state index contributed by atoms with van der Waals surface area (Å²) >= 11 is 0. The Kier molecular flexibility index (Phi) is 5.95. The van der Waals surface area contributed by atoms with Crippen molar-refractivity contribution in [3.8, 4) is 0 Å². The molecule has 0 fully saturated rings. The molecule has 1 amide bonds. The van der Waals surface area contributed by atoms with Crippen molar-refractivity contribution in [2.24, 2.45) is 0 Å². The van der Waals surface area contributed by atoms with E-state index in [2.05, 4.69) is 5.32 Å². The third-order valence-electron chi connectivity index (χ3n) is 3.64. The van der Waals surface area contributed by atoms with Gasteiger partial charge in [0.25, 0.3) is 0 Å². The Morgan fingerprint density at radius 2 is 1.88 bits per heavy atom. The molecule has 1 atom stereocenters. The van der Waals surface area contributed by atoms with Gasteiger partial charge in [-0.15, -0.1) is 0 Å². The number of benzene rings is 2. The van der Waals surface area contributed by atoms with Gasteiger partial charge in [0.2, 0.25) is 0 Å². The lowest BCUT2D eigenvalue weighted by molar-refractivity contribution is 0.0698. The number of anilines is 1. The van der Waals surface area contributed by atoms with Gasteiger partial charge in [0.05, 0.1) is 11.3 Å². The van der Waals surface area contributed by atoms with E-state index in [1.165, 1.54) is 0 Å². The Morgan fingerprint density at radius 3 is 2.50 bits per heavy atom. The molecule has 0 heterocycles. The fourth-order valence-electron chi connectivity index (χ4n) is 2.41. The van der Waals surface area contributed by atoms with Crippen molar-refractivity contribution in [1.29, 1.82) is 0 Å². The number of carbonyl (C=O) groups excluding carboxylic acids is 1. The Labute approximate surface area is 141 Å². The Balaban J connectivity index is 2.09. The number of rotatable bonds is 6. The van der Waals surface area contributed by atoms with Gasteiger partial charge in [0, 0.05) is 0 Å². The van der Waals surface area contributed by atoms with Crippen LogP contribution in [0.2, 0.25) is 0 Å². The highest BCUT2D eigenvalue weighted by Gasteiger charge is 2.16. The lowest BCUT2D eigenvalue weighted by atomic mass is 10.1. The monoisotopic (exact) mass is 327 g/mol. The van der Waals surface area contributed by atoms with Gasteiger partial charge in [-0.25, -0.2) is 9.59 Å². The van der Waals surface area contributed by atoms with E-state index in [9.17, 15) is 14.7 Å². The Bertz CT molecular complexity index is 713. The highest BCUT2D eigenvalue weighted by atomic mass is 16.6. The molecule has 0 aliphatic rings. The van der Waals surface area contributed by atoms with Crippen LogP contribution in [0.3, 0.4) is 0 Å². The first-order valence-corrected chi connectivity index (χ1v) is 7.90. The Morgan fingerprint density at radius 1 is 1.17 bits per heavy atom. The molecule has 2 aromatic rings. The lowest BCUT2D eigenvalue weighted by Gasteiger charge is -2.15. The summed E-state index contributed by atoms with van der Waals surface area (Å²) in [6.07, 6.45) is 0.592. The molecule has 2 rings (SSSR count). The van der Waals surface area contributed by atoms with E-state index in [1.54, 1.807) is 19.1 Å². The summed E-state index contributed by atoms with van der Waals surface area (Å²) in [7, 11) is 0. The predicted molar refractivity (Wildman–Crippen MR) is 92.4 cm³/mol. The number of aryl methyl sites for hydroxylation is 1. The minimum Gasteiger partial charge on any atom is -0.478 e. The van der Waals surface area contributed by atoms with Crippen molar-refractivity contribution in [3.63, 3.8) is 0 Å². The van der Waals surface area contributed by atoms with Crippen LogP contribution in [-0.4, -0.2) is 17.2 Å². The number of hydrogen-bond donors (Lipinski definition) is 2. The van der Waals surface area contributed by atoms with Crippen LogP contribution in [0.25, 0.3) is 0 Å². The first-order valence-electron chi connectivity index (χ1n) is 7.90. The maximum absolute atomic E-state index is 12.1. The lowest BCUT2D eigenvalue weighted by Crippen LogP contribution is -2.18. The summed E-state index contributed by atoms with van der Waals surface area (Å²) in [5, 5.41) is 11.9. The molecule has 1 unspecified atom stereocenters. The molecule has 2 aromatic carbocycles. The van der Waals surface area contributed by atoms with Gasteiger partial charge >= 0.3 is 12.1 Å². The van der Waals surface area contributed by atoms with E-state index in [0.717, 1.165) is 24.0 Å². The standard InChI is InChI=1S/C19H21NO4/c1-3-7-14-10-11-17(16(12-14)18(21)22)20-19(23)24-13(2)15-8-5-4-6-9-15/h4-6,8-13H,3,7H2,1-2H3,(H,20,23)(H,21,22). The number of carboxylic acids is 1. The number of aromatic carboxylic acids is 1. The van der Waals surface area contributed by atoms with Crippen LogP contribution in [0.4, 0.5) is 10.5 Å². The topological polar surface area (TPSA) is 75.6 Å². The van der Waals surface area contributed by atoms with Gasteiger partial charge in [0.1, 0.15) is 6.10 Å². The van der Waals surface area contributed by atoms with E-state index in [4.69, 9.17) is 4.74 Å². The van der Waals surface area contributed by atoms with Gasteiger partial charge in [-0.3, -0.25) is 5.32 Å². The SMILES string of the molecule is CCCc1ccc(NC(=O)OC(C)c2ccccc2)c(C(=O)O)c1. The highest BCUT2D eigenvalue weighted by molar-refractivity contribution is 5.98. The summed E-state index contributed by atoms with van der Waals surface area (Å²) in [5.41, 5.74) is 2.08. The van der Waals surface area contributed by atoms with E-state index < -0.39 is 18.2 Å². The maximum Gasteiger partial charge on any atom is 0.412 e. The second-order valence-corrected chi connectivity index (χ2v) is 5.52. The molecule has 0 aliphatic carbocycles. The third kappa shape index (κ3) is 4.59. The first kappa shape index (κ1) is 17.5. The van der Waals surface area contributed by atoms with Crippen LogP contribution in [0.15, 0.2) is 48.5 Å². The van der Waals surface area contributed by atoms with Crippen molar-refractivity contribution in [2.45, 2.75) is 32.8 Å². The zero-order valence-electron chi connectivity index (χ0n) is 13.8. The summed E-state index contributed by atoms with van der Waals surface area (Å²) in [5.74, 6) is -1.08. The highest BCUT2D eigenvalue weighted by Crippen LogP contribution is 2.21. The average Bonchev–Trinajstić information content (AvgIpc) is 2.57. The van der Waals surface area contributed by atoms with Crippen molar-refractivity contribution in [2.75, 3.05) is 5.32 Å². The van der Waals surface area contributed by atoms with Crippen molar-refractivity contribution in [1.82, 2.24) is 0 Å². The summed E-state index contributed by atoms with van der Waals surface area (Å²) < 4.78 is 5.31. The van der Waals surface area contributed by atoms with E-state index in [-0.39, 0.29) is 11.3 Å². The van der Waals surface area contributed by atoms with Crippen LogP contribution in [-0.2, 0) is 11.2 Å². The van der Waals surface area contributed by atoms with Gasteiger partial charge in [-0.05, 0) is 36.6 Å². The number of hydrogen-bond acceptors (Lipinski definition) is 3. The van der Waals surface area contributed by atoms with Gasteiger partial charge < -0.3 is 9.84 Å². The zero-order valence-corrected chi connectivity index (χ0v) is 13.8. The fourth-order valence-corrected chi connectivity index (χ4v) is 2.41. The van der Waals surface area contributed by atoms with Crippen LogP contribution >= 0.6 is 0 Å². The molecule has 2 N–H and O–H groups in total. The Hall–Kier alpha value is -2.82. The normalized spacial score (nSPS) is 11.6. The molecule has 0 radical (unpaired) electrons. The molecule has 0 aromatic heterocycles. The minimum absolute atomic E-state index is 0.0604. The average molecular weight is 327 g/mol. The van der Waals surface area contributed by atoms with Gasteiger partial charge in [0.15, 0.2) is 0 Å². The van der Waals surface area contributed by atoms with Crippen molar-refractivity contribution in [3.05, 3.63) is 65.2 Å². The smallest absolute Gasteiger partial charge is 0.412 e. The summed E-state index contributed by atoms with van der Waals surface area (Å²) in [4.78, 5) is 23.5. The maximum atomic E-state index is 12.1. The van der Waals surface area contributed by atoms with Crippen molar-refractivity contribution < 1.29 is 19.4 Å². The molecule has 126 valence electrons. The molecule has 5 nitrogen and oxygen atoms in total. The third-order valence-corrected chi connectivity index (χ3v) is 3.64. The number of amides is 1. The second-order valence-electron chi connectivity index (χ2n) is 5.52. The molecule has 0 spiro atoms. The molecule has 0 saturated carbocycles. The molecule has 0 aliphatic heterocycles. The minimum atomic E-state index is -1.08. The number of carboxylic acid groups (broad SMARTS) is 1. The van der Waals surface area contributed by atoms with Crippen LogP contribution in [0.5, 0.6) is 0 Å². The number of nitrogens with one attached hydrogen (secondary N) is 1. The zero-order chi connectivity index (χ0) is 17.5. The predicted octanol–water partition coefficient (Wildman–Crippen LogP) is 4.65.